The standard InChI is InChI=1S/C24H34ClN7O4S/c1-17(2)31-12-11-29(16-23(31)33)21-13-19(5-6-20(21)25)15-28-9-10-30(14-18(28)3)24(34)32-8-7-22(26-32)27-37(4,35)36/h5-8,13,17-18H,9-12,14-16H2,1-4H3,(H,26,27)/t18-/m0/s1. The lowest BCUT2D eigenvalue weighted by atomic mass is 10.1. The fourth-order valence-electron chi connectivity index (χ4n) is 4.80. The van der Waals surface area contributed by atoms with Gasteiger partial charge in [0, 0.05) is 63.6 Å². The Balaban J connectivity index is 1.37. The first-order chi connectivity index (χ1) is 17.4. The molecule has 2 saturated heterocycles. The summed E-state index contributed by atoms with van der Waals surface area (Å²) in [7, 11) is -3.47. The fraction of sp³-hybridized carbons (Fsp3) is 0.542. The van der Waals surface area contributed by atoms with E-state index in [2.05, 4.69) is 27.7 Å². The number of amides is 2. The number of piperazine rings is 2. The van der Waals surface area contributed by atoms with E-state index < -0.39 is 10.0 Å². The molecule has 2 fully saturated rings. The summed E-state index contributed by atoms with van der Waals surface area (Å²) in [6, 6.07) is 7.38. The minimum Gasteiger partial charge on any atom is -0.359 e. The van der Waals surface area contributed by atoms with E-state index in [9.17, 15) is 18.0 Å². The maximum atomic E-state index is 12.9. The van der Waals surface area contributed by atoms with Crippen molar-refractivity contribution in [1.82, 2.24) is 24.5 Å². The smallest absolute Gasteiger partial charge is 0.344 e. The summed E-state index contributed by atoms with van der Waals surface area (Å²) in [5, 5.41) is 4.67. The summed E-state index contributed by atoms with van der Waals surface area (Å²) in [6.07, 6.45) is 2.48. The van der Waals surface area contributed by atoms with E-state index in [-0.39, 0.29) is 29.8 Å². The average molecular weight is 552 g/mol. The number of benzene rings is 1. The van der Waals surface area contributed by atoms with Crippen LogP contribution in [0.2, 0.25) is 5.02 Å². The molecular formula is C24H34ClN7O4S. The second kappa shape index (κ2) is 10.9. The van der Waals surface area contributed by atoms with Crippen molar-refractivity contribution in [3.63, 3.8) is 0 Å². The molecule has 1 atom stereocenters. The van der Waals surface area contributed by atoms with Gasteiger partial charge in [0.2, 0.25) is 15.9 Å². The Morgan fingerprint density at radius 1 is 1.19 bits per heavy atom. The second-order valence-corrected chi connectivity index (χ2v) is 12.1. The lowest BCUT2D eigenvalue weighted by Gasteiger charge is -2.40. The van der Waals surface area contributed by atoms with Crippen LogP contribution in [0.4, 0.5) is 16.3 Å². The average Bonchev–Trinajstić information content (AvgIpc) is 3.27. The first-order valence-corrected chi connectivity index (χ1v) is 14.6. The predicted molar refractivity (Wildman–Crippen MR) is 143 cm³/mol. The van der Waals surface area contributed by atoms with Crippen LogP contribution in [0.3, 0.4) is 0 Å². The van der Waals surface area contributed by atoms with E-state index in [4.69, 9.17) is 11.6 Å². The van der Waals surface area contributed by atoms with E-state index in [1.165, 1.54) is 12.3 Å². The molecule has 2 aliphatic heterocycles. The number of hydrogen-bond acceptors (Lipinski definition) is 7. The fourth-order valence-corrected chi connectivity index (χ4v) is 5.52. The third kappa shape index (κ3) is 6.55. The first-order valence-electron chi connectivity index (χ1n) is 12.3. The topological polar surface area (TPSA) is 111 Å². The van der Waals surface area contributed by atoms with Gasteiger partial charge in [-0.25, -0.2) is 13.2 Å². The van der Waals surface area contributed by atoms with Crippen LogP contribution in [0, 0.1) is 0 Å². The number of nitrogens with one attached hydrogen (secondary N) is 1. The highest BCUT2D eigenvalue weighted by Crippen LogP contribution is 2.29. The number of anilines is 2. The van der Waals surface area contributed by atoms with Crippen molar-refractivity contribution in [1.29, 1.82) is 0 Å². The van der Waals surface area contributed by atoms with Crippen LogP contribution >= 0.6 is 11.6 Å². The minimum absolute atomic E-state index is 0.0946. The summed E-state index contributed by atoms with van der Waals surface area (Å²) < 4.78 is 26.2. The van der Waals surface area contributed by atoms with Crippen LogP contribution in [0.5, 0.6) is 0 Å². The van der Waals surface area contributed by atoms with Crippen molar-refractivity contribution < 1.29 is 18.0 Å². The first kappa shape index (κ1) is 27.2. The zero-order chi connectivity index (χ0) is 26.9. The Morgan fingerprint density at radius 2 is 1.95 bits per heavy atom. The van der Waals surface area contributed by atoms with E-state index >= 15 is 0 Å². The number of carbonyl (C=O) groups excluding carboxylic acids is 2. The molecule has 1 aromatic heterocycles. The zero-order valence-electron chi connectivity index (χ0n) is 21.6. The van der Waals surface area contributed by atoms with Gasteiger partial charge in [0.15, 0.2) is 5.82 Å². The van der Waals surface area contributed by atoms with Gasteiger partial charge in [-0.05, 0) is 38.5 Å². The molecule has 13 heteroatoms. The van der Waals surface area contributed by atoms with Crippen LogP contribution in [0.15, 0.2) is 30.5 Å². The number of carbonyl (C=O) groups is 2. The quantitative estimate of drug-likeness (QED) is 0.585. The van der Waals surface area contributed by atoms with Crippen molar-refractivity contribution in [3.05, 3.63) is 41.0 Å². The molecule has 2 aromatic rings. The maximum Gasteiger partial charge on any atom is 0.344 e. The molecule has 0 unspecified atom stereocenters. The summed E-state index contributed by atoms with van der Waals surface area (Å²) in [6.45, 7) is 10.2. The third-order valence-corrected chi connectivity index (χ3v) is 7.63. The van der Waals surface area contributed by atoms with Crippen molar-refractivity contribution >= 4 is 45.1 Å². The number of sulfonamides is 1. The van der Waals surface area contributed by atoms with Gasteiger partial charge in [-0.3, -0.25) is 14.4 Å². The highest BCUT2D eigenvalue weighted by atomic mass is 35.5. The van der Waals surface area contributed by atoms with Gasteiger partial charge < -0.3 is 14.7 Å². The summed E-state index contributed by atoms with van der Waals surface area (Å²) in [4.78, 5) is 33.5. The third-order valence-electron chi connectivity index (χ3n) is 6.73. The molecule has 1 N–H and O–H groups in total. The molecule has 2 amide bonds. The number of aromatic nitrogens is 2. The van der Waals surface area contributed by atoms with Gasteiger partial charge in [-0.2, -0.15) is 4.68 Å². The molecule has 0 saturated carbocycles. The number of hydrogen-bond donors (Lipinski definition) is 1. The van der Waals surface area contributed by atoms with Crippen molar-refractivity contribution in [3.8, 4) is 0 Å². The van der Waals surface area contributed by atoms with E-state index in [1.54, 1.807) is 4.90 Å². The Kier molecular flexibility index (Phi) is 8.00. The normalized spacial score (nSPS) is 19.6. The lowest BCUT2D eigenvalue weighted by Crippen LogP contribution is -2.54. The van der Waals surface area contributed by atoms with Crippen LogP contribution in [-0.2, 0) is 21.4 Å². The molecular weight excluding hydrogens is 518 g/mol. The number of rotatable bonds is 6. The molecule has 0 radical (unpaired) electrons. The SMILES string of the molecule is CC(C)N1CCN(c2cc(CN3CCN(C(=O)n4ccc(NS(C)(=O)=O)n4)C[C@@H]3C)ccc2Cl)CC1=O. The van der Waals surface area contributed by atoms with Gasteiger partial charge in [-0.1, -0.05) is 17.7 Å². The molecule has 2 aliphatic rings. The highest BCUT2D eigenvalue weighted by Gasteiger charge is 2.29. The van der Waals surface area contributed by atoms with Crippen LogP contribution in [0.25, 0.3) is 0 Å². The van der Waals surface area contributed by atoms with Gasteiger partial charge in [0.05, 0.1) is 23.5 Å². The van der Waals surface area contributed by atoms with Crippen LogP contribution < -0.4 is 9.62 Å². The van der Waals surface area contributed by atoms with Crippen molar-refractivity contribution in [2.75, 3.05) is 55.1 Å². The molecule has 0 bridgehead atoms. The van der Waals surface area contributed by atoms with E-state index in [0.717, 1.165) is 28.7 Å². The summed E-state index contributed by atoms with van der Waals surface area (Å²) in [5.41, 5.74) is 1.96. The molecule has 4 rings (SSSR count). The lowest BCUT2D eigenvalue weighted by molar-refractivity contribution is -0.132. The summed E-state index contributed by atoms with van der Waals surface area (Å²) in [5.74, 6) is 0.210. The maximum absolute atomic E-state index is 12.9. The van der Waals surface area contributed by atoms with Gasteiger partial charge >= 0.3 is 6.03 Å². The van der Waals surface area contributed by atoms with Gasteiger partial charge in [0.25, 0.3) is 0 Å². The highest BCUT2D eigenvalue weighted by molar-refractivity contribution is 7.92. The van der Waals surface area contributed by atoms with Gasteiger partial charge in [0.1, 0.15) is 0 Å². The monoisotopic (exact) mass is 551 g/mol. The second-order valence-electron chi connectivity index (χ2n) is 9.96. The molecule has 202 valence electrons. The van der Waals surface area contributed by atoms with Crippen molar-refractivity contribution in [2.45, 2.75) is 39.4 Å². The molecule has 37 heavy (non-hydrogen) atoms. The van der Waals surface area contributed by atoms with Gasteiger partial charge in [-0.15, -0.1) is 5.10 Å². The Hall–Kier alpha value is -2.83. The Morgan fingerprint density at radius 3 is 2.59 bits per heavy atom. The number of halogens is 1. The molecule has 3 heterocycles. The molecule has 1 aromatic carbocycles. The molecule has 0 aliphatic carbocycles. The Labute approximate surface area is 223 Å². The minimum atomic E-state index is -3.47. The number of nitrogens with zero attached hydrogens (tertiary/aromatic N) is 6. The molecule has 11 nitrogen and oxygen atoms in total. The predicted octanol–water partition coefficient (Wildman–Crippen LogP) is 2.14. The largest absolute Gasteiger partial charge is 0.359 e. The summed E-state index contributed by atoms with van der Waals surface area (Å²) >= 11 is 6.53. The van der Waals surface area contributed by atoms with Crippen LogP contribution in [-0.4, -0.2) is 102 Å². The van der Waals surface area contributed by atoms with E-state index in [0.29, 0.717) is 44.3 Å². The van der Waals surface area contributed by atoms with Crippen molar-refractivity contribution in [2.24, 2.45) is 0 Å². The Bertz CT molecular complexity index is 1270. The molecule has 0 spiro atoms. The van der Waals surface area contributed by atoms with Crippen LogP contribution in [0.1, 0.15) is 26.3 Å². The zero-order valence-corrected chi connectivity index (χ0v) is 23.2. The van der Waals surface area contributed by atoms with E-state index in [1.807, 2.05) is 35.8 Å².